The lowest BCUT2D eigenvalue weighted by Gasteiger charge is -2.21. The van der Waals surface area contributed by atoms with Crippen molar-refractivity contribution in [2.75, 3.05) is 27.3 Å². The molecule has 0 aliphatic carbocycles. The third-order valence-electron chi connectivity index (χ3n) is 2.57. The average Bonchev–Trinajstić information content (AvgIpc) is 2.37. The van der Waals surface area contributed by atoms with Gasteiger partial charge in [-0.15, -0.1) is 0 Å². The maximum Gasteiger partial charge on any atom is 0.0788 e. The molecule has 1 unspecified atom stereocenters. The van der Waals surface area contributed by atoms with Gasteiger partial charge in [-0.05, 0) is 32.9 Å². The van der Waals surface area contributed by atoms with Crippen molar-refractivity contribution in [1.29, 1.82) is 0 Å². The summed E-state index contributed by atoms with van der Waals surface area (Å²) in [6.07, 6.45) is 3.04. The number of aliphatic hydroxyl groups is 1. The summed E-state index contributed by atoms with van der Waals surface area (Å²) in [5.41, 5.74) is 0. The summed E-state index contributed by atoms with van der Waals surface area (Å²) in [6.45, 7) is 1.63. The summed E-state index contributed by atoms with van der Waals surface area (Å²) >= 11 is 0. The van der Waals surface area contributed by atoms with Gasteiger partial charge in [-0.1, -0.05) is 0 Å². The maximum absolute atomic E-state index is 9.48. The van der Waals surface area contributed by atoms with Crippen molar-refractivity contribution in [3.8, 4) is 0 Å². The molecule has 1 heterocycles. The second-order valence-electron chi connectivity index (χ2n) is 3.62. The van der Waals surface area contributed by atoms with Crippen LogP contribution < -0.4 is 0 Å². The molecule has 0 bridgehead atoms. The minimum Gasteiger partial charge on any atom is -0.391 e. The van der Waals surface area contributed by atoms with E-state index in [0.717, 1.165) is 6.42 Å². The standard InChI is InChI=1S/C9H19NO2/c1-10-5-3-4-8(10)6-9(11)7-12-2/h8-9,11H,3-7H2,1-2H3/t8?,9-/m1/s1. The van der Waals surface area contributed by atoms with Gasteiger partial charge in [0, 0.05) is 13.2 Å². The molecule has 0 spiro atoms. The highest BCUT2D eigenvalue weighted by atomic mass is 16.5. The summed E-state index contributed by atoms with van der Waals surface area (Å²) in [5.74, 6) is 0. The van der Waals surface area contributed by atoms with Crippen LogP contribution in [0.5, 0.6) is 0 Å². The van der Waals surface area contributed by atoms with E-state index in [0.29, 0.717) is 12.6 Å². The number of ether oxygens (including phenoxy) is 1. The smallest absolute Gasteiger partial charge is 0.0788 e. The van der Waals surface area contributed by atoms with Crippen molar-refractivity contribution >= 4 is 0 Å². The zero-order chi connectivity index (χ0) is 8.97. The van der Waals surface area contributed by atoms with Gasteiger partial charge in [-0.2, -0.15) is 0 Å². The number of nitrogens with zero attached hydrogens (tertiary/aromatic N) is 1. The van der Waals surface area contributed by atoms with E-state index in [-0.39, 0.29) is 6.10 Å². The van der Waals surface area contributed by atoms with Crippen molar-refractivity contribution in [3.63, 3.8) is 0 Å². The van der Waals surface area contributed by atoms with Gasteiger partial charge >= 0.3 is 0 Å². The Morgan fingerprint density at radius 1 is 1.67 bits per heavy atom. The molecule has 0 aromatic carbocycles. The highest BCUT2D eigenvalue weighted by Gasteiger charge is 2.23. The second-order valence-corrected chi connectivity index (χ2v) is 3.62. The summed E-state index contributed by atoms with van der Waals surface area (Å²) in [5, 5.41) is 9.48. The lowest BCUT2D eigenvalue weighted by molar-refractivity contribution is 0.0448. The lowest BCUT2D eigenvalue weighted by atomic mass is 10.1. The molecule has 3 heteroatoms. The first-order valence-electron chi connectivity index (χ1n) is 4.61. The minimum atomic E-state index is -0.291. The number of rotatable bonds is 4. The van der Waals surface area contributed by atoms with E-state index in [4.69, 9.17) is 4.74 Å². The van der Waals surface area contributed by atoms with E-state index in [1.807, 2.05) is 0 Å². The fourth-order valence-electron chi connectivity index (χ4n) is 1.85. The molecule has 1 N–H and O–H groups in total. The maximum atomic E-state index is 9.48. The first kappa shape index (κ1) is 9.96. The average molecular weight is 173 g/mol. The van der Waals surface area contributed by atoms with Crippen LogP contribution in [0.2, 0.25) is 0 Å². The molecule has 1 fully saturated rings. The van der Waals surface area contributed by atoms with E-state index in [2.05, 4.69) is 11.9 Å². The van der Waals surface area contributed by atoms with E-state index in [9.17, 15) is 5.11 Å². The summed E-state index contributed by atoms with van der Waals surface area (Å²) < 4.78 is 4.88. The van der Waals surface area contributed by atoms with Crippen molar-refractivity contribution in [2.24, 2.45) is 0 Å². The zero-order valence-corrected chi connectivity index (χ0v) is 7.99. The van der Waals surface area contributed by atoms with Crippen LogP contribution in [-0.4, -0.2) is 49.5 Å². The van der Waals surface area contributed by atoms with Crippen molar-refractivity contribution < 1.29 is 9.84 Å². The van der Waals surface area contributed by atoms with Crippen LogP contribution >= 0.6 is 0 Å². The van der Waals surface area contributed by atoms with Gasteiger partial charge in [0.25, 0.3) is 0 Å². The number of methoxy groups -OCH3 is 1. The third-order valence-corrected chi connectivity index (χ3v) is 2.57. The van der Waals surface area contributed by atoms with Crippen LogP contribution in [0.25, 0.3) is 0 Å². The number of aliphatic hydroxyl groups excluding tert-OH is 1. The van der Waals surface area contributed by atoms with Crippen LogP contribution in [0.1, 0.15) is 19.3 Å². The number of hydrogen-bond acceptors (Lipinski definition) is 3. The molecule has 12 heavy (non-hydrogen) atoms. The molecule has 2 atom stereocenters. The van der Waals surface area contributed by atoms with Gasteiger partial charge in [0.1, 0.15) is 0 Å². The van der Waals surface area contributed by atoms with Crippen molar-refractivity contribution in [3.05, 3.63) is 0 Å². The van der Waals surface area contributed by atoms with E-state index >= 15 is 0 Å². The number of likely N-dealkylation sites (tertiary alicyclic amines) is 1. The Morgan fingerprint density at radius 3 is 2.92 bits per heavy atom. The van der Waals surface area contributed by atoms with Crippen LogP contribution in [-0.2, 0) is 4.74 Å². The first-order valence-corrected chi connectivity index (χ1v) is 4.61. The van der Waals surface area contributed by atoms with E-state index in [1.54, 1.807) is 7.11 Å². The van der Waals surface area contributed by atoms with Gasteiger partial charge < -0.3 is 14.7 Å². The van der Waals surface area contributed by atoms with Crippen LogP contribution in [0.3, 0.4) is 0 Å². The molecule has 1 saturated heterocycles. The fourth-order valence-corrected chi connectivity index (χ4v) is 1.85. The van der Waals surface area contributed by atoms with Gasteiger partial charge in [-0.3, -0.25) is 0 Å². The van der Waals surface area contributed by atoms with E-state index in [1.165, 1.54) is 19.4 Å². The molecule has 0 aromatic rings. The fraction of sp³-hybridized carbons (Fsp3) is 1.00. The molecule has 1 aliphatic heterocycles. The minimum absolute atomic E-state index is 0.291. The molecule has 0 radical (unpaired) electrons. The van der Waals surface area contributed by atoms with E-state index < -0.39 is 0 Å². The normalized spacial score (nSPS) is 27.8. The molecular weight excluding hydrogens is 154 g/mol. The zero-order valence-electron chi connectivity index (χ0n) is 7.99. The Balaban J connectivity index is 2.20. The topological polar surface area (TPSA) is 32.7 Å². The monoisotopic (exact) mass is 173 g/mol. The molecule has 1 rings (SSSR count). The van der Waals surface area contributed by atoms with Crippen LogP contribution in [0, 0.1) is 0 Å². The Morgan fingerprint density at radius 2 is 2.42 bits per heavy atom. The van der Waals surface area contributed by atoms with Crippen LogP contribution in [0.4, 0.5) is 0 Å². The highest BCUT2D eigenvalue weighted by Crippen LogP contribution is 2.19. The van der Waals surface area contributed by atoms with Gasteiger partial charge in [0.05, 0.1) is 12.7 Å². The lowest BCUT2D eigenvalue weighted by Crippen LogP contribution is -2.30. The Bertz CT molecular complexity index is 130. The predicted octanol–water partition coefficient (Wildman–Crippen LogP) is 0.478. The highest BCUT2D eigenvalue weighted by molar-refractivity contribution is 4.78. The summed E-state index contributed by atoms with van der Waals surface area (Å²) in [7, 11) is 3.75. The molecule has 0 aromatic heterocycles. The largest absolute Gasteiger partial charge is 0.391 e. The van der Waals surface area contributed by atoms with Crippen molar-refractivity contribution in [2.45, 2.75) is 31.4 Å². The molecule has 72 valence electrons. The van der Waals surface area contributed by atoms with Crippen molar-refractivity contribution in [1.82, 2.24) is 4.90 Å². The molecule has 0 saturated carbocycles. The molecule has 0 amide bonds. The second kappa shape index (κ2) is 4.80. The third kappa shape index (κ3) is 2.73. The Kier molecular flexibility index (Phi) is 3.98. The predicted molar refractivity (Wildman–Crippen MR) is 48.2 cm³/mol. The van der Waals surface area contributed by atoms with Gasteiger partial charge in [0.2, 0.25) is 0 Å². The summed E-state index contributed by atoms with van der Waals surface area (Å²) in [6, 6.07) is 0.565. The molecule has 1 aliphatic rings. The van der Waals surface area contributed by atoms with Crippen LogP contribution in [0.15, 0.2) is 0 Å². The Hall–Kier alpha value is -0.120. The summed E-state index contributed by atoms with van der Waals surface area (Å²) in [4.78, 5) is 2.32. The van der Waals surface area contributed by atoms with Gasteiger partial charge in [-0.25, -0.2) is 0 Å². The Labute approximate surface area is 74.3 Å². The first-order chi connectivity index (χ1) is 5.74. The number of hydrogen-bond donors (Lipinski definition) is 1. The SMILES string of the molecule is COC[C@H](O)CC1CCCN1C. The molecular formula is C9H19NO2. The van der Waals surface area contributed by atoms with Gasteiger partial charge in [0.15, 0.2) is 0 Å². The quantitative estimate of drug-likeness (QED) is 0.671. The molecule has 3 nitrogen and oxygen atoms in total.